The summed E-state index contributed by atoms with van der Waals surface area (Å²) >= 11 is 1.76. The first-order chi connectivity index (χ1) is 8.61. The predicted octanol–water partition coefficient (Wildman–Crippen LogP) is 4.03. The highest BCUT2D eigenvalue weighted by Crippen LogP contribution is 2.42. The zero-order valence-electron chi connectivity index (χ0n) is 11.7. The van der Waals surface area contributed by atoms with E-state index in [0.29, 0.717) is 5.41 Å². The first-order valence-corrected chi connectivity index (χ1v) is 8.02. The highest BCUT2D eigenvalue weighted by molar-refractivity contribution is 7.10. The van der Waals surface area contributed by atoms with Crippen LogP contribution in [0.15, 0.2) is 11.4 Å². The number of anilines is 1. The Hall–Kier alpha value is -0.540. The second kappa shape index (κ2) is 6.07. The molecule has 0 aromatic carbocycles. The fourth-order valence-electron chi connectivity index (χ4n) is 3.38. The Morgan fingerprint density at radius 3 is 2.67 bits per heavy atom. The quantitative estimate of drug-likeness (QED) is 0.816. The van der Waals surface area contributed by atoms with Crippen molar-refractivity contribution >= 4 is 17.0 Å². The van der Waals surface area contributed by atoms with Crippen LogP contribution in [-0.4, -0.2) is 6.54 Å². The molecule has 3 N–H and O–H groups in total. The van der Waals surface area contributed by atoms with Gasteiger partial charge in [-0.3, -0.25) is 0 Å². The lowest BCUT2D eigenvalue weighted by atomic mass is 9.78. The van der Waals surface area contributed by atoms with E-state index < -0.39 is 0 Å². The maximum absolute atomic E-state index is 5.92. The van der Waals surface area contributed by atoms with E-state index in [0.717, 1.165) is 24.7 Å². The van der Waals surface area contributed by atoms with Crippen LogP contribution in [0.2, 0.25) is 0 Å². The highest BCUT2D eigenvalue weighted by atomic mass is 32.1. The van der Waals surface area contributed by atoms with Crippen LogP contribution >= 0.6 is 11.3 Å². The molecule has 2 nitrogen and oxygen atoms in total. The van der Waals surface area contributed by atoms with Crippen molar-refractivity contribution in [2.24, 2.45) is 11.3 Å². The zero-order valence-corrected chi connectivity index (χ0v) is 12.5. The Morgan fingerprint density at radius 1 is 1.39 bits per heavy atom. The number of hydrogen-bond acceptors (Lipinski definition) is 3. The van der Waals surface area contributed by atoms with Crippen LogP contribution in [0, 0.1) is 11.3 Å². The molecule has 2 rings (SSSR count). The number of hydrogen-bond donors (Lipinski definition) is 2. The van der Waals surface area contributed by atoms with Crippen molar-refractivity contribution in [1.82, 2.24) is 5.32 Å². The topological polar surface area (TPSA) is 38.0 Å². The molecular weight excluding hydrogens is 240 g/mol. The molecule has 1 heterocycles. The van der Waals surface area contributed by atoms with Gasteiger partial charge < -0.3 is 11.1 Å². The van der Waals surface area contributed by atoms with Crippen LogP contribution in [0.5, 0.6) is 0 Å². The molecule has 0 bridgehead atoms. The minimum atomic E-state index is 0.556. The van der Waals surface area contributed by atoms with Crippen LogP contribution in [0.4, 0.5) is 5.69 Å². The van der Waals surface area contributed by atoms with Gasteiger partial charge in [-0.05, 0) is 42.0 Å². The van der Waals surface area contributed by atoms with Crippen molar-refractivity contribution in [3.8, 4) is 0 Å². The summed E-state index contributed by atoms with van der Waals surface area (Å²) in [6.07, 6.45) is 6.99. The minimum absolute atomic E-state index is 0.556. The van der Waals surface area contributed by atoms with Crippen LogP contribution < -0.4 is 11.1 Å². The molecule has 102 valence electrons. The lowest BCUT2D eigenvalue weighted by Crippen LogP contribution is -2.33. The van der Waals surface area contributed by atoms with Crippen molar-refractivity contribution in [1.29, 1.82) is 0 Å². The third-order valence-electron chi connectivity index (χ3n) is 4.07. The summed E-state index contributed by atoms with van der Waals surface area (Å²) in [4.78, 5) is 1.28. The molecule has 0 aliphatic heterocycles. The molecule has 0 amide bonds. The monoisotopic (exact) mass is 266 g/mol. The molecule has 0 atom stereocenters. The molecule has 0 radical (unpaired) electrons. The summed E-state index contributed by atoms with van der Waals surface area (Å²) < 4.78 is 0. The number of rotatable bonds is 6. The van der Waals surface area contributed by atoms with Crippen molar-refractivity contribution in [2.75, 3.05) is 12.3 Å². The SMILES string of the molecule is CC(C)CC1(CNCc2sccc2N)CCCC1. The number of nitrogens with one attached hydrogen (secondary N) is 1. The summed E-state index contributed by atoms with van der Waals surface area (Å²) in [5, 5.41) is 5.72. The molecule has 1 aliphatic carbocycles. The molecule has 1 saturated carbocycles. The summed E-state index contributed by atoms with van der Waals surface area (Å²) in [6, 6.07) is 2.00. The van der Waals surface area contributed by atoms with Crippen LogP contribution in [0.1, 0.15) is 50.8 Å². The van der Waals surface area contributed by atoms with E-state index in [4.69, 9.17) is 5.73 Å². The third kappa shape index (κ3) is 3.48. The van der Waals surface area contributed by atoms with E-state index in [9.17, 15) is 0 Å². The Labute approximate surface area is 115 Å². The molecule has 18 heavy (non-hydrogen) atoms. The Bertz CT molecular complexity index is 364. The molecule has 0 spiro atoms. The Kier molecular flexibility index (Phi) is 4.68. The average Bonchev–Trinajstić information content (AvgIpc) is 2.89. The highest BCUT2D eigenvalue weighted by Gasteiger charge is 2.33. The smallest absolute Gasteiger partial charge is 0.0468 e. The average molecular weight is 266 g/mol. The first-order valence-electron chi connectivity index (χ1n) is 7.14. The van der Waals surface area contributed by atoms with E-state index >= 15 is 0 Å². The second-order valence-corrected chi connectivity index (χ2v) is 7.21. The minimum Gasteiger partial charge on any atom is -0.398 e. The van der Waals surface area contributed by atoms with E-state index in [2.05, 4.69) is 24.5 Å². The van der Waals surface area contributed by atoms with E-state index in [-0.39, 0.29) is 0 Å². The fourth-order valence-corrected chi connectivity index (χ4v) is 4.15. The van der Waals surface area contributed by atoms with Gasteiger partial charge in [0.2, 0.25) is 0 Å². The van der Waals surface area contributed by atoms with Crippen LogP contribution in [0.3, 0.4) is 0 Å². The third-order valence-corrected chi connectivity index (χ3v) is 5.01. The molecule has 0 unspecified atom stereocenters. The zero-order chi connectivity index (χ0) is 13.0. The standard InChI is InChI=1S/C15H26N2S/c1-12(2)9-15(6-3-4-7-15)11-17-10-14-13(16)5-8-18-14/h5,8,12,17H,3-4,6-7,9-11,16H2,1-2H3. The molecule has 1 aliphatic rings. The van der Waals surface area contributed by atoms with Gasteiger partial charge in [-0.25, -0.2) is 0 Å². The summed E-state index contributed by atoms with van der Waals surface area (Å²) in [5.41, 5.74) is 7.42. The van der Waals surface area contributed by atoms with Gasteiger partial charge in [0.1, 0.15) is 0 Å². The van der Waals surface area contributed by atoms with Gasteiger partial charge in [0, 0.05) is 23.7 Å². The first kappa shape index (κ1) is 13.9. The Morgan fingerprint density at radius 2 is 2.11 bits per heavy atom. The number of thiophene rings is 1. The van der Waals surface area contributed by atoms with E-state index in [1.54, 1.807) is 11.3 Å². The molecular formula is C15H26N2S. The second-order valence-electron chi connectivity index (χ2n) is 6.21. The summed E-state index contributed by atoms with van der Waals surface area (Å²) in [6.45, 7) is 6.78. The van der Waals surface area contributed by atoms with Crippen molar-refractivity contribution in [3.05, 3.63) is 16.3 Å². The lowest BCUT2D eigenvalue weighted by Gasteiger charge is -2.31. The largest absolute Gasteiger partial charge is 0.398 e. The maximum Gasteiger partial charge on any atom is 0.0468 e. The van der Waals surface area contributed by atoms with Gasteiger partial charge in [0.25, 0.3) is 0 Å². The lowest BCUT2D eigenvalue weighted by molar-refractivity contribution is 0.224. The number of nitrogen functional groups attached to an aromatic ring is 1. The number of nitrogens with two attached hydrogens (primary N) is 1. The van der Waals surface area contributed by atoms with Gasteiger partial charge >= 0.3 is 0 Å². The molecule has 1 aromatic rings. The van der Waals surface area contributed by atoms with Gasteiger partial charge in [0.05, 0.1) is 0 Å². The van der Waals surface area contributed by atoms with Crippen molar-refractivity contribution in [3.63, 3.8) is 0 Å². The van der Waals surface area contributed by atoms with Crippen LogP contribution in [-0.2, 0) is 6.54 Å². The maximum atomic E-state index is 5.92. The van der Waals surface area contributed by atoms with Gasteiger partial charge in [-0.1, -0.05) is 26.7 Å². The predicted molar refractivity (Wildman–Crippen MR) is 80.8 cm³/mol. The fraction of sp³-hybridized carbons (Fsp3) is 0.733. The van der Waals surface area contributed by atoms with E-state index in [1.165, 1.54) is 37.0 Å². The normalized spacial score (nSPS) is 18.6. The summed E-state index contributed by atoms with van der Waals surface area (Å²) in [7, 11) is 0. The van der Waals surface area contributed by atoms with Crippen molar-refractivity contribution in [2.45, 2.75) is 52.5 Å². The Balaban J connectivity index is 1.85. The molecule has 1 fully saturated rings. The van der Waals surface area contributed by atoms with E-state index in [1.807, 2.05) is 6.07 Å². The van der Waals surface area contributed by atoms with Gasteiger partial charge in [-0.2, -0.15) is 0 Å². The molecule has 1 aromatic heterocycles. The van der Waals surface area contributed by atoms with Crippen molar-refractivity contribution < 1.29 is 0 Å². The van der Waals surface area contributed by atoms with Gasteiger partial charge in [0.15, 0.2) is 0 Å². The molecule has 0 saturated heterocycles. The van der Waals surface area contributed by atoms with Crippen LogP contribution in [0.25, 0.3) is 0 Å². The summed E-state index contributed by atoms with van der Waals surface area (Å²) in [5.74, 6) is 0.803. The van der Waals surface area contributed by atoms with Gasteiger partial charge in [-0.15, -0.1) is 11.3 Å². The molecule has 3 heteroatoms.